The van der Waals surface area contributed by atoms with E-state index in [-0.39, 0.29) is 0 Å². The summed E-state index contributed by atoms with van der Waals surface area (Å²) in [6.07, 6.45) is 8.59. The van der Waals surface area contributed by atoms with Gasteiger partial charge in [-0.25, -0.2) is 4.98 Å². The van der Waals surface area contributed by atoms with Crippen molar-refractivity contribution in [2.24, 2.45) is 16.8 Å². The van der Waals surface area contributed by atoms with Crippen molar-refractivity contribution in [1.29, 1.82) is 0 Å². The number of likely N-dealkylation sites (tertiary alicyclic amines) is 1. The average Bonchev–Trinajstić information content (AvgIpc) is 3.12. The van der Waals surface area contributed by atoms with Gasteiger partial charge >= 0.3 is 0 Å². The third-order valence-electron chi connectivity index (χ3n) is 4.87. The van der Waals surface area contributed by atoms with Crippen LogP contribution in [0.25, 0.3) is 0 Å². The normalized spacial score (nSPS) is 25.4. The van der Waals surface area contributed by atoms with Gasteiger partial charge in [-0.15, -0.1) is 11.3 Å². The molecule has 2 unspecified atom stereocenters. The first kappa shape index (κ1) is 15.8. The average molecular weight is 321 g/mol. The number of aliphatic imine (C=N–C) groups is 1. The maximum atomic E-state index is 4.86. The van der Waals surface area contributed by atoms with Gasteiger partial charge in [0.15, 0.2) is 5.96 Å². The first-order valence-electron chi connectivity index (χ1n) is 8.71. The quantitative estimate of drug-likeness (QED) is 0.684. The van der Waals surface area contributed by atoms with E-state index < -0.39 is 0 Å². The maximum absolute atomic E-state index is 4.86. The van der Waals surface area contributed by atoms with Crippen LogP contribution in [0.15, 0.2) is 11.2 Å². The van der Waals surface area contributed by atoms with E-state index in [4.69, 9.17) is 4.99 Å². The monoisotopic (exact) mass is 320 g/mol. The number of aromatic nitrogens is 1. The van der Waals surface area contributed by atoms with Gasteiger partial charge < -0.3 is 10.2 Å². The van der Waals surface area contributed by atoms with E-state index in [0.717, 1.165) is 37.3 Å². The third-order valence-corrected chi connectivity index (χ3v) is 5.84. The Hall–Kier alpha value is -1.10. The van der Waals surface area contributed by atoms with E-state index in [1.165, 1.54) is 48.7 Å². The van der Waals surface area contributed by atoms with Crippen molar-refractivity contribution in [3.05, 3.63) is 16.1 Å². The van der Waals surface area contributed by atoms with Gasteiger partial charge in [0.1, 0.15) is 0 Å². The van der Waals surface area contributed by atoms with E-state index in [1.54, 1.807) is 11.3 Å². The number of nitrogens with one attached hydrogen (secondary N) is 1. The van der Waals surface area contributed by atoms with Gasteiger partial charge in [0.2, 0.25) is 0 Å². The van der Waals surface area contributed by atoms with Crippen LogP contribution < -0.4 is 5.32 Å². The molecule has 3 rings (SSSR count). The number of guanidine groups is 1. The van der Waals surface area contributed by atoms with Crippen LogP contribution in [0.3, 0.4) is 0 Å². The Morgan fingerprint density at radius 2 is 2.09 bits per heavy atom. The first-order chi connectivity index (χ1) is 10.8. The molecule has 2 atom stereocenters. The third kappa shape index (κ3) is 3.80. The lowest BCUT2D eigenvalue weighted by Gasteiger charge is -2.22. The molecule has 1 aromatic heterocycles. The van der Waals surface area contributed by atoms with Crippen molar-refractivity contribution < 1.29 is 0 Å². The number of aryl methyl sites for hydroxylation is 1. The molecule has 1 N–H and O–H groups in total. The first-order valence-corrected chi connectivity index (χ1v) is 9.52. The molecular weight excluding hydrogens is 292 g/mol. The molecule has 0 spiro atoms. The molecule has 5 heteroatoms. The van der Waals surface area contributed by atoms with E-state index in [2.05, 4.69) is 29.0 Å². The summed E-state index contributed by atoms with van der Waals surface area (Å²) in [5.41, 5.74) is 0. The second-order valence-corrected chi connectivity index (χ2v) is 7.88. The lowest BCUT2D eigenvalue weighted by atomic mass is 9.82. The fourth-order valence-corrected chi connectivity index (χ4v) is 4.55. The minimum atomic E-state index is 0.834. The van der Waals surface area contributed by atoms with Crippen molar-refractivity contribution >= 4 is 17.3 Å². The second-order valence-electron chi connectivity index (χ2n) is 6.56. The molecule has 2 fully saturated rings. The minimum absolute atomic E-state index is 0.834. The van der Waals surface area contributed by atoms with Crippen LogP contribution in [0, 0.1) is 18.8 Å². The molecule has 0 radical (unpaired) electrons. The SMILES string of the molecule is CCNC(=NCCc1ncc(C)s1)N1CC2CCCCC2C1. The van der Waals surface area contributed by atoms with Crippen LogP contribution >= 0.6 is 11.3 Å². The van der Waals surface area contributed by atoms with E-state index >= 15 is 0 Å². The molecule has 1 aromatic rings. The Labute approximate surface area is 138 Å². The zero-order valence-electron chi connectivity index (χ0n) is 13.8. The molecule has 1 aliphatic heterocycles. The highest BCUT2D eigenvalue weighted by molar-refractivity contribution is 7.11. The minimum Gasteiger partial charge on any atom is -0.357 e. The van der Waals surface area contributed by atoms with Crippen LogP contribution in [0.4, 0.5) is 0 Å². The van der Waals surface area contributed by atoms with Gasteiger partial charge in [-0.2, -0.15) is 0 Å². The van der Waals surface area contributed by atoms with Crippen molar-refractivity contribution in [2.75, 3.05) is 26.2 Å². The van der Waals surface area contributed by atoms with Crippen molar-refractivity contribution in [3.8, 4) is 0 Å². The van der Waals surface area contributed by atoms with Gasteiger partial charge in [0.05, 0.1) is 5.01 Å². The molecule has 0 bridgehead atoms. The van der Waals surface area contributed by atoms with Crippen LogP contribution in [-0.4, -0.2) is 42.0 Å². The molecule has 1 saturated carbocycles. The van der Waals surface area contributed by atoms with E-state index in [1.807, 2.05) is 6.20 Å². The lowest BCUT2D eigenvalue weighted by molar-refractivity contribution is 0.299. The van der Waals surface area contributed by atoms with Crippen LogP contribution in [0.2, 0.25) is 0 Å². The van der Waals surface area contributed by atoms with Crippen LogP contribution in [0.5, 0.6) is 0 Å². The summed E-state index contributed by atoms with van der Waals surface area (Å²) >= 11 is 1.79. The summed E-state index contributed by atoms with van der Waals surface area (Å²) in [6, 6.07) is 0. The Balaban J connectivity index is 1.58. The Morgan fingerprint density at radius 3 is 2.68 bits per heavy atom. The second kappa shape index (κ2) is 7.44. The summed E-state index contributed by atoms with van der Waals surface area (Å²) < 4.78 is 0. The van der Waals surface area contributed by atoms with E-state index in [9.17, 15) is 0 Å². The fourth-order valence-electron chi connectivity index (χ4n) is 3.78. The molecule has 1 saturated heterocycles. The maximum Gasteiger partial charge on any atom is 0.193 e. The molecule has 0 amide bonds. The summed E-state index contributed by atoms with van der Waals surface area (Å²) in [5, 5.41) is 4.69. The molecular formula is C17H28N4S. The van der Waals surface area contributed by atoms with Gasteiger partial charge in [-0.1, -0.05) is 12.8 Å². The highest BCUT2D eigenvalue weighted by atomic mass is 32.1. The predicted molar refractivity (Wildman–Crippen MR) is 93.6 cm³/mol. The van der Waals surface area contributed by atoms with Crippen molar-refractivity contribution in [2.45, 2.75) is 46.0 Å². The fraction of sp³-hybridized carbons (Fsp3) is 0.765. The summed E-state index contributed by atoms with van der Waals surface area (Å²) in [4.78, 5) is 13.1. The lowest BCUT2D eigenvalue weighted by Crippen LogP contribution is -2.40. The zero-order valence-corrected chi connectivity index (χ0v) is 14.7. The number of nitrogens with zero attached hydrogens (tertiary/aromatic N) is 3. The molecule has 4 nitrogen and oxygen atoms in total. The molecule has 2 heterocycles. The molecule has 1 aliphatic carbocycles. The van der Waals surface area contributed by atoms with Gasteiger partial charge in [0.25, 0.3) is 0 Å². The molecule has 22 heavy (non-hydrogen) atoms. The Morgan fingerprint density at radius 1 is 1.36 bits per heavy atom. The van der Waals surface area contributed by atoms with Crippen molar-refractivity contribution in [1.82, 2.24) is 15.2 Å². The Kier molecular flexibility index (Phi) is 5.34. The summed E-state index contributed by atoms with van der Waals surface area (Å²) in [5.74, 6) is 2.92. The number of thiazole rings is 1. The molecule has 2 aliphatic rings. The van der Waals surface area contributed by atoms with E-state index in [0.29, 0.717) is 0 Å². The molecule has 122 valence electrons. The van der Waals surface area contributed by atoms with Crippen molar-refractivity contribution in [3.63, 3.8) is 0 Å². The van der Waals surface area contributed by atoms with Gasteiger partial charge in [-0.3, -0.25) is 4.99 Å². The Bertz CT molecular complexity index is 497. The topological polar surface area (TPSA) is 40.5 Å². The standard InChI is InChI=1S/C17H28N4S/c1-3-18-17(19-9-8-16-20-10-13(2)22-16)21-11-14-6-4-5-7-15(14)12-21/h10,14-15H,3-9,11-12H2,1-2H3,(H,18,19). The number of rotatable bonds is 4. The zero-order chi connectivity index (χ0) is 15.4. The predicted octanol–water partition coefficient (Wildman–Crippen LogP) is 3.08. The highest BCUT2D eigenvalue weighted by Gasteiger charge is 2.35. The van der Waals surface area contributed by atoms with Crippen LogP contribution in [0.1, 0.15) is 42.5 Å². The van der Waals surface area contributed by atoms with Crippen LogP contribution in [-0.2, 0) is 6.42 Å². The smallest absolute Gasteiger partial charge is 0.193 e. The van der Waals surface area contributed by atoms with Gasteiger partial charge in [0, 0.05) is 43.7 Å². The van der Waals surface area contributed by atoms with Gasteiger partial charge in [-0.05, 0) is 38.5 Å². The summed E-state index contributed by atoms with van der Waals surface area (Å²) in [7, 11) is 0. The number of hydrogen-bond donors (Lipinski definition) is 1. The summed E-state index contributed by atoms with van der Waals surface area (Å²) in [6.45, 7) is 8.45. The number of fused-ring (bicyclic) bond motifs is 1. The number of hydrogen-bond acceptors (Lipinski definition) is 3. The molecule has 0 aromatic carbocycles. The highest BCUT2D eigenvalue weighted by Crippen LogP contribution is 2.35. The largest absolute Gasteiger partial charge is 0.357 e.